The fourth-order valence-electron chi connectivity index (χ4n) is 2.75. The first-order valence-corrected chi connectivity index (χ1v) is 8.25. The van der Waals surface area contributed by atoms with Gasteiger partial charge in [-0.25, -0.2) is 0 Å². The highest BCUT2D eigenvalue weighted by atomic mass is 16.5. The van der Waals surface area contributed by atoms with Crippen molar-refractivity contribution in [1.82, 2.24) is 15.5 Å². The minimum Gasteiger partial charge on any atom is -0.491 e. The predicted molar refractivity (Wildman–Crippen MR) is 90.1 cm³/mol. The molecule has 1 atom stereocenters. The lowest BCUT2D eigenvalue weighted by atomic mass is 10.1. The summed E-state index contributed by atoms with van der Waals surface area (Å²) in [6, 6.07) is 6.01. The normalized spacial score (nSPS) is 17.0. The predicted octanol–water partition coefficient (Wildman–Crippen LogP) is 2.51. The molecule has 1 fully saturated rings. The van der Waals surface area contributed by atoms with E-state index in [2.05, 4.69) is 15.5 Å². The van der Waals surface area contributed by atoms with Crippen LogP contribution in [0.5, 0.6) is 5.75 Å². The van der Waals surface area contributed by atoms with E-state index in [1.807, 2.05) is 32.0 Å². The summed E-state index contributed by atoms with van der Waals surface area (Å²) in [5.41, 5.74) is 3.39. The molecule has 0 unspecified atom stereocenters. The lowest BCUT2D eigenvalue weighted by Crippen LogP contribution is -2.24. The van der Waals surface area contributed by atoms with Crippen LogP contribution in [0.3, 0.4) is 0 Å². The van der Waals surface area contributed by atoms with Gasteiger partial charge in [-0.1, -0.05) is 12.1 Å². The van der Waals surface area contributed by atoms with E-state index in [1.165, 1.54) is 6.20 Å². The number of benzene rings is 1. The number of hydrogen-bond acceptors (Lipinski definition) is 4. The summed E-state index contributed by atoms with van der Waals surface area (Å²) in [5.74, 6) is 0.654. The molecule has 0 aliphatic carbocycles. The third-order valence-electron chi connectivity index (χ3n) is 4.19. The van der Waals surface area contributed by atoms with E-state index >= 15 is 0 Å². The molecule has 6 heteroatoms. The Morgan fingerprint density at radius 1 is 1.46 bits per heavy atom. The smallest absolute Gasteiger partial charge is 0.255 e. The third kappa shape index (κ3) is 3.94. The first-order valence-electron chi connectivity index (χ1n) is 8.25. The first-order chi connectivity index (χ1) is 11.6. The molecule has 1 aliphatic heterocycles. The average molecular weight is 329 g/mol. The average Bonchev–Trinajstić information content (AvgIpc) is 3.23. The molecule has 2 N–H and O–H groups in total. The van der Waals surface area contributed by atoms with Gasteiger partial charge in [0, 0.05) is 24.4 Å². The molecule has 3 rings (SSSR count). The lowest BCUT2D eigenvalue weighted by Gasteiger charge is -2.16. The highest BCUT2D eigenvalue weighted by molar-refractivity contribution is 5.94. The van der Waals surface area contributed by atoms with E-state index in [0.717, 1.165) is 42.0 Å². The maximum atomic E-state index is 12.2. The molecule has 1 saturated heterocycles. The van der Waals surface area contributed by atoms with Crippen LogP contribution in [0.25, 0.3) is 0 Å². The largest absolute Gasteiger partial charge is 0.491 e. The van der Waals surface area contributed by atoms with Crippen molar-refractivity contribution in [3.05, 3.63) is 46.8 Å². The molecule has 0 bridgehead atoms. The van der Waals surface area contributed by atoms with E-state index in [9.17, 15) is 4.79 Å². The summed E-state index contributed by atoms with van der Waals surface area (Å²) in [4.78, 5) is 12.2. The molecule has 0 saturated carbocycles. The summed E-state index contributed by atoms with van der Waals surface area (Å²) in [7, 11) is 0. The van der Waals surface area contributed by atoms with Gasteiger partial charge in [0.2, 0.25) is 0 Å². The molecule has 2 heterocycles. The van der Waals surface area contributed by atoms with Crippen molar-refractivity contribution >= 4 is 5.91 Å². The highest BCUT2D eigenvalue weighted by Crippen LogP contribution is 2.22. The summed E-state index contributed by atoms with van der Waals surface area (Å²) >= 11 is 0. The number of H-pyrrole nitrogens is 1. The van der Waals surface area contributed by atoms with Gasteiger partial charge < -0.3 is 14.8 Å². The zero-order chi connectivity index (χ0) is 16.9. The fraction of sp³-hybridized carbons (Fsp3) is 0.444. The van der Waals surface area contributed by atoms with Crippen molar-refractivity contribution in [3.63, 3.8) is 0 Å². The van der Waals surface area contributed by atoms with Gasteiger partial charge in [0.05, 0.1) is 17.9 Å². The molecular formula is C18H23N3O3. The van der Waals surface area contributed by atoms with Crippen LogP contribution in [-0.4, -0.2) is 35.4 Å². The molecule has 1 aliphatic rings. The molecular weight excluding hydrogens is 306 g/mol. The number of aromatic nitrogens is 2. The third-order valence-corrected chi connectivity index (χ3v) is 4.19. The Bertz CT molecular complexity index is 705. The second-order valence-corrected chi connectivity index (χ2v) is 6.15. The van der Waals surface area contributed by atoms with E-state index in [-0.39, 0.29) is 12.0 Å². The number of amides is 1. The van der Waals surface area contributed by atoms with E-state index in [4.69, 9.17) is 9.47 Å². The molecule has 24 heavy (non-hydrogen) atoms. The zero-order valence-corrected chi connectivity index (χ0v) is 14.1. The van der Waals surface area contributed by atoms with E-state index in [0.29, 0.717) is 18.7 Å². The summed E-state index contributed by atoms with van der Waals surface area (Å²) in [5, 5.41) is 9.56. The minimum absolute atomic E-state index is 0.146. The van der Waals surface area contributed by atoms with Crippen LogP contribution in [0.4, 0.5) is 0 Å². The van der Waals surface area contributed by atoms with Gasteiger partial charge in [-0.05, 0) is 38.3 Å². The number of ether oxygens (including phenoxy) is 2. The SMILES string of the molecule is Cc1ccc(CNC(=O)c2cn[nH]c2C)c(OC[C@H]2CCCO2)c1. The number of nitrogens with one attached hydrogen (secondary N) is 2. The standard InChI is InChI=1S/C18H23N3O3/c1-12-5-6-14(9-19-18(22)16-10-20-21-13(16)2)17(8-12)24-11-15-4-3-7-23-15/h5-6,8,10,15H,3-4,7,9,11H2,1-2H3,(H,19,22)(H,20,21)/t15-/m1/s1. The second-order valence-electron chi connectivity index (χ2n) is 6.15. The highest BCUT2D eigenvalue weighted by Gasteiger charge is 2.17. The molecule has 0 radical (unpaired) electrons. The number of rotatable bonds is 6. The first kappa shape index (κ1) is 16.5. The van der Waals surface area contributed by atoms with Crippen LogP contribution in [-0.2, 0) is 11.3 Å². The molecule has 0 spiro atoms. The quantitative estimate of drug-likeness (QED) is 0.854. The van der Waals surface area contributed by atoms with Gasteiger partial charge in [0.15, 0.2) is 0 Å². The van der Waals surface area contributed by atoms with Crippen LogP contribution in [0.2, 0.25) is 0 Å². The van der Waals surface area contributed by atoms with Gasteiger partial charge in [-0.2, -0.15) is 5.10 Å². The van der Waals surface area contributed by atoms with Crippen molar-refractivity contribution in [2.75, 3.05) is 13.2 Å². The van der Waals surface area contributed by atoms with Crippen LogP contribution in [0.15, 0.2) is 24.4 Å². The van der Waals surface area contributed by atoms with Crippen molar-refractivity contribution in [2.45, 2.75) is 39.3 Å². The van der Waals surface area contributed by atoms with Crippen molar-refractivity contribution in [3.8, 4) is 5.75 Å². The number of carbonyl (C=O) groups is 1. The molecule has 128 valence electrons. The molecule has 1 aromatic heterocycles. The van der Waals surface area contributed by atoms with Crippen LogP contribution >= 0.6 is 0 Å². The maximum Gasteiger partial charge on any atom is 0.255 e. The van der Waals surface area contributed by atoms with Gasteiger partial charge in [-0.3, -0.25) is 9.89 Å². The number of nitrogens with zero attached hydrogens (tertiary/aromatic N) is 1. The van der Waals surface area contributed by atoms with Crippen LogP contribution < -0.4 is 10.1 Å². The van der Waals surface area contributed by atoms with Gasteiger partial charge in [0.1, 0.15) is 12.4 Å². The fourth-order valence-corrected chi connectivity index (χ4v) is 2.75. The lowest BCUT2D eigenvalue weighted by molar-refractivity contribution is 0.0675. The molecule has 1 aromatic carbocycles. The van der Waals surface area contributed by atoms with E-state index in [1.54, 1.807) is 0 Å². The maximum absolute atomic E-state index is 12.2. The zero-order valence-electron chi connectivity index (χ0n) is 14.1. The van der Waals surface area contributed by atoms with Crippen LogP contribution in [0, 0.1) is 13.8 Å². The van der Waals surface area contributed by atoms with Gasteiger partial charge >= 0.3 is 0 Å². The van der Waals surface area contributed by atoms with Crippen LogP contribution in [0.1, 0.15) is 40.0 Å². The Balaban J connectivity index is 1.63. The van der Waals surface area contributed by atoms with Crippen molar-refractivity contribution in [2.24, 2.45) is 0 Å². The minimum atomic E-state index is -0.146. The Hall–Kier alpha value is -2.34. The topological polar surface area (TPSA) is 76.2 Å². The van der Waals surface area contributed by atoms with E-state index < -0.39 is 0 Å². The second kappa shape index (κ2) is 7.49. The molecule has 1 amide bonds. The van der Waals surface area contributed by atoms with Gasteiger partial charge in [0.25, 0.3) is 5.91 Å². The number of aryl methyl sites for hydroxylation is 2. The Morgan fingerprint density at radius 3 is 3.04 bits per heavy atom. The molecule has 2 aromatic rings. The van der Waals surface area contributed by atoms with Crippen molar-refractivity contribution < 1.29 is 14.3 Å². The monoisotopic (exact) mass is 329 g/mol. The Morgan fingerprint density at radius 2 is 2.33 bits per heavy atom. The van der Waals surface area contributed by atoms with Crippen molar-refractivity contribution in [1.29, 1.82) is 0 Å². The van der Waals surface area contributed by atoms with Gasteiger partial charge in [-0.15, -0.1) is 0 Å². The summed E-state index contributed by atoms with van der Waals surface area (Å²) < 4.78 is 11.6. The summed E-state index contributed by atoms with van der Waals surface area (Å²) in [6.45, 7) is 5.62. The molecule has 6 nitrogen and oxygen atoms in total. The Labute approximate surface area is 141 Å². The number of hydrogen-bond donors (Lipinski definition) is 2. The summed E-state index contributed by atoms with van der Waals surface area (Å²) in [6.07, 6.45) is 3.84. The number of carbonyl (C=O) groups excluding carboxylic acids is 1. The Kier molecular flexibility index (Phi) is 5.15. The number of aromatic amines is 1.